The Morgan fingerprint density at radius 1 is 1.12 bits per heavy atom. The number of primary amides is 1. The zero-order valence-corrected chi connectivity index (χ0v) is 9.13. The maximum Gasteiger partial charge on any atom is 0.323 e. The van der Waals surface area contributed by atoms with Crippen molar-refractivity contribution in [2.24, 2.45) is 5.73 Å². The molecular weight excluding hydrogens is 214 g/mol. The molecule has 0 aromatic heterocycles. The van der Waals surface area contributed by atoms with E-state index in [4.69, 9.17) is 11.5 Å². The first-order valence-electron chi connectivity index (χ1n) is 5.11. The lowest BCUT2D eigenvalue weighted by molar-refractivity contribution is 0.256. The zero-order valence-electron chi connectivity index (χ0n) is 9.13. The minimum atomic E-state index is -0.592. The van der Waals surface area contributed by atoms with Crippen molar-refractivity contribution in [2.45, 2.75) is 0 Å². The van der Waals surface area contributed by atoms with E-state index in [2.05, 4.69) is 6.07 Å². The minimum absolute atomic E-state index is 0.489. The zero-order chi connectivity index (χ0) is 12.3. The number of nitrogen functional groups attached to an aromatic ring is 1. The van der Waals surface area contributed by atoms with Crippen LogP contribution in [0.2, 0.25) is 0 Å². The van der Waals surface area contributed by atoms with Crippen molar-refractivity contribution < 1.29 is 4.79 Å². The van der Waals surface area contributed by atoms with Gasteiger partial charge < -0.3 is 11.5 Å². The van der Waals surface area contributed by atoms with Gasteiger partial charge in [0.15, 0.2) is 0 Å². The molecule has 1 radical (unpaired) electrons. The Morgan fingerprint density at radius 2 is 1.82 bits per heavy atom. The molecule has 17 heavy (non-hydrogen) atoms. The van der Waals surface area contributed by atoms with Crippen LogP contribution in [-0.4, -0.2) is 6.03 Å². The summed E-state index contributed by atoms with van der Waals surface area (Å²) in [5.41, 5.74) is 12.8. The van der Waals surface area contributed by atoms with Crippen LogP contribution in [-0.2, 0) is 0 Å². The van der Waals surface area contributed by atoms with E-state index in [9.17, 15) is 4.79 Å². The topological polar surface area (TPSA) is 72.4 Å². The molecule has 2 aromatic rings. The van der Waals surface area contributed by atoms with E-state index in [0.717, 1.165) is 0 Å². The second kappa shape index (κ2) is 4.57. The van der Waals surface area contributed by atoms with E-state index in [1.165, 1.54) is 4.90 Å². The first kappa shape index (κ1) is 11.0. The van der Waals surface area contributed by atoms with E-state index in [1.54, 1.807) is 42.5 Å². The third-order valence-electron chi connectivity index (χ3n) is 2.33. The number of urea groups is 1. The number of benzene rings is 2. The quantitative estimate of drug-likeness (QED) is 0.771. The molecule has 0 saturated heterocycles. The van der Waals surface area contributed by atoms with E-state index < -0.39 is 6.03 Å². The van der Waals surface area contributed by atoms with Crippen molar-refractivity contribution in [1.82, 2.24) is 0 Å². The van der Waals surface area contributed by atoms with Gasteiger partial charge in [-0.3, -0.25) is 4.90 Å². The Hall–Kier alpha value is -2.49. The van der Waals surface area contributed by atoms with Crippen LogP contribution in [0.1, 0.15) is 0 Å². The van der Waals surface area contributed by atoms with Crippen LogP contribution in [0.3, 0.4) is 0 Å². The van der Waals surface area contributed by atoms with Crippen LogP contribution >= 0.6 is 0 Å². The number of hydrogen-bond donors (Lipinski definition) is 2. The molecule has 4 nitrogen and oxygen atoms in total. The maximum atomic E-state index is 11.5. The molecule has 0 unspecified atom stereocenters. The molecule has 4 N–H and O–H groups in total. The van der Waals surface area contributed by atoms with Gasteiger partial charge in [0.1, 0.15) is 0 Å². The summed E-state index contributed by atoms with van der Waals surface area (Å²) < 4.78 is 0. The number of rotatable bonds is 2. The Labute approximate surface area is 99.5 Å². The summed E-state index contributed by atoms with van der Waals surface area (Å²) in [4.78, 5) is 12.9. The molecule has 0 aliphatic carbocycles. The molecule has 0 aliphatic rings. The van der Waals surface area contributed by atoms with Gasteiger partial charge in [-0.15, -0.1) is 0 Å². The lowest BCUT2D eigenvalue weighted by Gasteiger charge is -2.21. The molecule has 85 valence electrons. The number of carbonyl (C=O) groups excluding carboxylic acids is 1. The van der Waals surface area contributed by atoms with Crippen molar-refractivity contribution in [1.29, 1.82) is 0 Å². The molecule has 2 rings (SSSR count). The minimum Gasteiger partial charge on any atom is -0.397 e. The highest BCUT2D eigenvalue weighted by Gasteiger charge is 2.16. The fraction of sp³-hybridized carbons (Fsp3) is 0. The number of anilines is 3. The number of carbonyl (C=O) groups is 1. The normalized spacial score (nSPS) is 9.88. The van der Waals surface area contributed by atoms with Crippen LogP contribution in [0.25, 0.3) is 0 Å². The van der Waals surface area contributed by atoms with E-state index >= 15 is 0 Å². The highest BCUT2D eigenvalue weighted by atomic mass is 16.2. The smallest absolute Gasteiger partial charge is 0.323 e. The predicted octanol–water partition coefficient (Wildman–Crippen LogP) is 2.29. The van der Waals surface area contributed by atoms with Crippen molar-refractivity contribution in [2.75, 3.05) is 10.6 Å². The first-order valence-corrected chi connectivity index (χ1v) is 5.11. The predicted molar refractivity (Wildman–Crippen MR) is 67.9 cm³/mol. The van der Waals surface area contributed by atoms with Gasteiger partial charge in [0.2, 0.25) is 0 Å². The van der Waals surface area contributed by atoms with Crippen molar-refractivity contribution in [3.63, 3.8) is 0 Å². The maximum absolute atomic E-state index is 11.5. The van der Waals surface area contributed by atoms with Crippen LogP contribution in [0.4, 0.5) is 21.9 Å². The summed E-state index contributed by atoms with van der Waals surface area (Å²) in [6.07, 6.45) is 0. The van der Waals surface area contributed by atoms with Crippen LogP contribution in [0, 0.1) is 6.07 Å². The van der Waals surface area contributed by atoms with E-state index in [1.807, 2.05) is 6.07 Å². The Bertz CT molecular complexity index is 525. The lowest BCUT2D eigenvalue weighted by Crippen LogP contribution is -2.32. The van der Waals surface area contributed by atoms with Crippen molar-refractivity contribution >= 4 is 23.1 Å². The fourth-order valence-electron chi connectivity index (χ4n) is 1.58. The molecule has 0 fully saturated rings. The largest absolute Gasteiger partial charge is 0.397 e. The summed E-state index contributed by atoms with van der Waals surface area (Å²) in [6.45, 7) is 0. The van der Waals surface area contributed by atoms with Gasteiger partial charge in [0.25, 0.3) is 0 Å². The van der Waals surface area contributed by atoms with Gasteiger partial charge in [-0.1, -0.05) is 30.3 Å². The number of nitrogens with two attached hydrogens (primary N) is 2. The van der Waals surface area contributed by atoms with Crippen LogP contribution in [0.5, 0.6) is 0 Å². The monoisotopic (exact) mass is 226 g/mol. The number of nitrogens with zero attached hydrogens (tertiary/aromatic N) is 1. The van der Waals surface area contributed by atoms with Gasteiger partial charge >= 0.3 is 6.03 Å². The van der Waals surface area contributed by atoms with Crippen molar-refractivity contribution in [3.8, 4) is 0 Å². The van der Waals surface area contributed by atoms with Gasteiger partial charge in [0.05, 0.1) is 17.1 Å². The first-order chi connectivity index (χ1) is 8.20. The summed E-state index contributed by atoms with van der Waals surface area (Å²) in [6, 6.07) is 16.5. The Balaban J connectivity index is 2.51. The van der Waals surface area contributed by atoms with Crippen LogP contribution in [0.15, 0.2) is 48.5 Å². The third kappa shape index (κ3) is 2.20. The van der Waals surface area contributed by atoms with Crippen LogP contribution < -0.4 is 16.4 Å². The van der Waals surface area contributed by atoms with E-state index in [-0.39, 0.29) is 0 Å². The molecule has 0 spiro atoms. The highest BCUT2D eigenvalue weighted by molar-refractivity contribution is 6.00. The second-order valence-electron chi connectivity index (χ2n) is 3.48. The number of hydrogen-bond acceptors (Lipinski definition) is 2. The van der Waals surface area contributed by atoms with Crippen molar-refractivity contribution in [3.05, 3.63) is 54.6 Å². The fourth-order valence-corrected chi connectivity index (χ4v) is 1.58. The second-order valence-corrected chi connectivity index (χ2v) is 3.48. The summed E-state index contributed by atoms with van der Waals surface area (Å²) >= 11 is 0. The molecule has 0 bridgehead atoms. The molecule has 2 aromatic carbocycles. The van der Waals surface area contributed by atoms with E-state index in [0.29, 0.717) is 17.1 Å². The number of amides is 2. The molecule has 2 amide bonds. The Morgan fingerprint density at radius 3 is 2.41 bits per heavy atom. The lowest BCUT2D eigenvalue weighted by atomic mass is 10.2. The summed E-state index contributed by atoms with van der Waals surface area (Å²) in [5.74, 6) is 0. The SMILES string of the molecule is NC(=O)N(c1[c]cccc1)c1ccccc1N. The molecule has 0 heterocycles. The van der Waals surface area contributed by atoms with Gasteiger partial charge in [0, 0.05) is 6.07 Å². The molecule has 4 heteroatoms. The molecule has 0 saturated carbocycles. The molecular formula is C13H12N3O. The van der Waals surface area contributed by atoms with Gasteiger partial charge in [-0.05, 0) is 18.2 Å². The third-order valence-corrected chi connectivity index (χ3v) is 2.33. The average Bonchev–Trinajstić information content (AvgIpc) is 2.33. The summed E-state index contributed by atoms with van der Waals surface area (Å²) in [7, 11) is 0. The standard InChI is InChI=1S/C13H12N3O/c14-11-8-4-5-9-12(11)16(13(15)17)10-6-2-1-3-7-10/h1-6,8-9H,14H2,(H2,15,17). The van der Waals surface area contributed by atoms with Gasteiger partial charge in [-0.25, -0.2) is 4.79 Å². The molecule has 0 aliphatic heterocycles. The average molecular weight is 226 g/mol. The summed E-state index contributed by atoms with van der Waals surface area (Å²) in [5, 5.41) is 0. The number of para-hydroxylation sites is 3. The molecule has 0 atom stereocenters. The van der Waals surface area contributed by atoms with Gasteiger partial charge in [-0.2, -0.15) is 0 Å². The highest BCUT2D eigenvalue weighted by Crippen LogP contribution is 2.29. The Kier molecular flexibility index (Phi) is 2.96.